The number of rotatable bonds is 4. The van der Waals surface area contributed by atoms with Crippen LogP contribution in [0.25, 0.3) is 11.0 Å². The molecule has 1 atom stereocenters. The van der Waals surface area contributed by atoms with Crippen LogP contribution < -0.4 is 10.9 Å². The quantitative estimate of drug-likeness (QED) is 0.725. The van der Waals surface area contributed by atoms with E-state index in [0.29, 0.717) is 17.2 Å². The van der Waals surface area contributed by atoms with Gasteiger partial charge in [0.25, 0.3) is 5.56 Å². The van der Waals surface area contributed by atoms with E-state index in [1.54, 1.807) is 31.4 Å². The normalized spacial score (nSPS) is 11.5. The van der Waals surface area contributed by atoms with E-state index < -0.39 is 0 Å². The van der Waals surface area contributed by atoms with Crippen LogP contribution in [0.4, 0.5) is 5.95 Å². The molecule has 2 aromatic heterocycles. The second-order valence-electron chi connectivity index (χ2n) is 5.68. The lowest BCUT2D eigenvalue weighted by atomic mass is 10.1. The highest BCUT2D eigenvalue weighted by Gasteiger charge is 2.11. The maximum absolute atomic E-state index is 11.7. The number of nitrogens with zero attached hydrogens (tertiary/aromatic N) is 3. The van der Waals surface area contributed by atoms with Gasteiger partial charge in [-0.15, -0.1) is 0 Å². The summed E-state index contributed by atoms with van der Waals surface area (Å²) in [6.07, 6.45) is 1.68. The van der Waals surface area contributed by atoms with Crippen molar-refractivity contribution in [3.05, 3.63) is 64.1 Å². The van der Waals surface area contributed by atoms with Crippen molar-refractivity contribution in [3.8, 4) is 0 Å². The molecule has 2 heterocycles. The zero-order valence-electron chi connectivity index (χ0n) is 14.2. The van der Waals surface area contributed by atoms with Crippen molar-refractivity contribution in [3.63, 3.8) is 0 Å². The Kier molecular flexibility index (Phi) is 5.71. The Bertz CT molecular complexity index is 980. The third-order valence-corrected chi connectivity index (χ3v) is 4.03. The molecule has 1 aromatic carbocycles. The first kappa shape index (κ1) is 19.1. The molecule has 0 aliphatic rings. The first-order valence-electron chi connectivity index (χ1n) is 7.77. The lowest BCUT2D eigenvalue weighted by Gasteiger charge is -2.15. The number of fused-ring (bicyclic) bond motifs is 1. The molecule has 3 aromatic rings. The number of anilines is 1. The molecule has 0 fully saturated rings. The molecule has 0 aliphatic heterocycles. The second-order valence-corrected chi connectivity index (χ2v) is 5.68. The zero-order valence-corrected chi connectivity index (χ0v) is 14.2. The summed E-state index contributed by atoms with van der Waals surface area (Å²) in [6, 6.07) is 10.2. The van der Waals surface area contributed by atoms with Crippen molar-refractivity contribution in [2.45, 2.75) is 20.4 Å². The molecule has 1 N–H and O–H groups in total. The Balaban J connectivity index is 0.00000243. The van der Waals surface area contributed by atoms with Crippen molar-refractivity contribution >= 4 is 23.0 Å². The van der Waals surface area contributed by atoms with Crippen LogP contribution in [0.1, 0.15) is 36.3 Å². The van der Waals surface area contributed by atoms with Crippen molar-refractivity contribution in [2.75, 3.05) is 12.4 Å². The van der Waals surface area contributed by atoms with E-state index in [1.165, 1.54) is 17.7 Å². The van der Waals surface area contributed by atoms with E-state index >= 15 is 0 Å². The fraction of sp³-hybridized carbons (Fsp3) is 0.263. The van der Waals surface area contributed by atoms with E-state index in [0.717, 1.165) is 10.9 Å². The third-order valence-electron chi connectivity index (χ3n) is 4.03. The highest BCUT2D eigenvalue weighted by molar-refractivity contribution is 5.89. The second kappa shape index (κ2) is 7.77. The lowest BCUT2D eigenvalue weighted by Crippen LogP contribution is -2.17. The summed E-state index contributed by atoms with van der Waals surface area (Å²) >= 11 is 0. The maximum atomic E-state index is 11.7. The van der Waals surface area contributed by atoms with Crippen LogP contribution in [0, 0.1) is 0 Å². The summed E-state index contributed by atoms with van der Waals surface area (Å²) in [5.74, 6) is 0.0594. The highest BCUT2D eigenvalue weighted by atomic mass is 16.5. The van der Waals surface area contributed by atoms with Crippen LogP contribution in [0.2, 0.25) is 0 Å². The van der Waals surface area contributed by atoms with Crippen LogP contribution in [0.3, 0.4) is 0 Å². The molecule has 7 nitrogen and oxygen atoms in total. The van der Waals surface area contributed by atoms with E-state index in [2.05, 4.69) is 15.3 Å². The molecule has 7 heteroatoms. The summed E-state index contributed by atoms with van der Waals surface area (Å²) in [4.78, 5) is 31.9. The topological polar surface area (TPSA) is 86.1 Å². The van der Waals surface area contributed by atoms with Gasteiger partial charge in [0.05, 0.1) is 18.7 Å². The van der Waals surface area contributed by atoms with Crippen molar-refractivity contribution in [1.82, 2.24) is 14.5 Å². The van der Waals surface area contributed by atoms with Gasteiger partial charge < -0.3 is 10.1 Å². The third kappa shape index (κ3) is 3.72. The number of carbonyl (C=O) groups excluding carboxylic acids is 1. The standard InChI is InChI=1S/C18H18N4O3.CH4/c1-11(12-4-6-13(7-5-12)17(24)25-3)20-18-19-10-14-8-9-15(23)22(2)16(14)21-18;/h4-11H,1-3H3,(H,19,20,21);1H4/t11-;/m0./s1. The van der Waals surface area contributed by atoms with Crippen LogP contribution in [0.5, 0.6) is 0 Å². The van der Waals surface area contributed by atoms with Crippen molar-refractivity contribution in [2.24, 2.45) is 7.05 Å². The van der Waals surface area contributed by atoms with Crippen LogP contribution in [-0.2, 0) is 11.8 Å². The first-order valence-corrected chi connectivity index (χ1v) is 7.77. The monoisotopic (exact) mass is 354 g/mol. The molecule has 0 saturated heterocycles. The SMILES string of the molecule is C.COC(=O)c1ccc([C@H](C)Nc2ncc3ccc(=O)n(C)c3n2)cc1. The number of hydrogen-bond donors (Lipinski definition) is 1. The first-order chi connectivity index (χ1) is 12.0. The van der Waals surface area contributed by atoms with Crippen molar-refractivity contribution < 1.29 is 9.53 Å². The van der Waals surface area contributed by atoms with Gasteiger partial charge in [-0.05, 0) is 30.7 Å². The average Bonchev–Trinajstić information content (AvgIpc) is 2.64. The van der Waals surface area contributed by atoms with E-state index in [-0.39, 0.29) is 25.0 Å². The van der Waals surface area contributed by atoms with Gasteiger partial charge in [-0.2, -0.15) is 4.98 Å². The largest absolute Gasteiger partial charge is 0.465 e. The number of hydrogen-bond acceptors (Lipinski definition) is 6. The van der Waals surface area contributed by atoms with Crippen LogP contribution in [0.15, 0.2) is 47.4 Å². The maximum Gasteiger partial charge on any atom is 0.337 e. The van der Waals surface area contributed by atoms with E-state index in [9.17, 15) is 9.59 Å². The Morgan fingerprint density at radius 2 is 1.88 bits per heavy atom. The van der Waals surface area contributed by atoms with Gasteiger partial charge in [-0.1, -0.05) is 19.6 Å². The van der Waals surface area contributed by atoms with Gasteiger partial charge in [-0.25, -0.2) is 9.78 Å². The molecule has 136 valence electrons. The molecule has 0 bridgehead atoms. The Morgan fingerprint density at radius 1 is 1.19 bits per heavy atom. The number of benzene rings is 1. The van der Waals surface area contributed by atoms with Gasteiger partial charge >= 0.3 is 5.97 Å². The molecular weight excluding hydrogens is 332 g/mol. The predicted molar refractivity (Wildman–Crippen MR) is 101 cm³/mol. The number of nitrogens with one attached hydrogen (secondary N) is 1. The fourth-order valence-electron chi connectivity index (χ4n) is 2.52. The highest BCUT2D eigenvalue weighted by Crippen LogP contribution is 2.19. The smallest absolute Gasteiger partial charge is 0.337 e. The minimum absolute atomic E-state index is 0. The molecule has 0 unspecified atom stereocenters. The van der Waals surface area contributed by atoms with Gasteiger partial charge in [-0.3, -0.25) is 9.36 Å². The van der Waals surface area contributed by atoms with Crippen molar-refractivity contribution in [1.29, 1.82) is 0 Å². The Morgan fingerprint density at radius 3 is 2.54 bits per heavy atom. The molecule has 0 amide bonds. The summed E-state index contributed by atoms with van der Waals surface area (Å²) in [6.45, 7) is 1.96. The number of methoxy groups -OCH3 is 1. The van der Waals surface area contributed by atoms with Crippen LogP contribution >= 0.6 is 0 Å². The molecular formula is C19H22N4O3. The molecule has 0 radical (unpaired) electrons. The number of aryl methyl sites for hydroxylation is 1. The number of aromatic nitrogens is 3. The van der Waals surface area contributed by atoms with Crippen LogP contribution in [-0.4, -0.2) is 27.6 Å². The number of ether oxygens (including phenoxy) is 1. The van der Waals surface area contributed by atoms with E-state index in [1.807, 2.05) is 19.1 Å². The van der Waals surface area contributed by atoms with Gasteiger partial charge in [0, 0.05) is 24.7 Å². The Labute approximate surface area is 151 Å². The lowest BCUT2D eigenvalue weighted by molar-refractivity contribution is 0.0600. The molecule has 0 aliphatic carbocycles. The number of esters is 1. The molecule has 3 rings (SSSR count). The van der Waals surface area contributed by atoms with Gasteiger partial charge in [0.15, 0.2) is 0 Å². The van der Waals surface area contributed by atoms with Gasteiger partial charge in [0.1, 0.15) is 5.65 Å². The summed E-state index contributed by atoms with van der Waals surface area (Å²) in [5, 5.41) is 4.00. The van der Waals surface area contributed by atoms with E-state index in [4.69, 9.17) is 4.74 Å². The molecule has 0 saturated carbocycles. The number of carbonyl (C=O) groups is 1. The minimum atomic E-state index is -0.369. The zero-order chi connectivity index (χ0) is 18.0. The Hall–Kier alpha value is -3.22. The molecule has 26 heavy (non-hydrogen) atoms. The minimum Gasteiger partial charge on any atom is -0.465 e. The number of pyridine rings is 1. The average molecular weight is 354 g/mol. The summed E-state index contributed by atoms with van der Waals surface area (Å²) < 4.78 is 6.18. The van der Waals surface area contributed by atoms with Gasteiger partial charge in [0.2, 0.25) is 5.95 Å². The fourth-order valence-corrected chi connectivity index (χ4v) is 2.52. The summed E-state index contributed by atoms with van der Waals surface area (Å²) in [7, 11) is 3.03. The molecule has 0 spiro atoms. The summed E-state index contributed by atoms with van der Waals surface area (Å²) in [5.41, 5.74) is 1.91. The predicted octanol–water partition coefficient (Wildman–Crippen LogP) is 2.92.